The van der Waals surface area contributed by atoms with Gasteiger partial charge in [0.15, 0.2) is 0 Å². The number of carbonyl (C=O) groups is 2. The third-order valence-corrected chi connectivity index (χ3v) is 3.67. The summed E-state index contributed by atoms with van der Waals surface area (Å²) < 4.78 is 5.58. The van der Waals surface area contributed by atoms with Crippen molar-refractivity contribution in [1.82, 2.24) is 10.2 Å². The number of likely N-dealkylation sites (tertiary alicyclic amines) is 1. The number of hydrogen-bond acceptors (Lipinski definition) is 4. The van der Waals surface area contributed by atoms with Crippen LogP contribution < -0.4 is 5.32 Å². The summed E-state index contributed by atoms with van der Waals surface area (Å²) in [6.07, 6.45) is 1.41. The molecule has 6 nitrogen and oxygen atoms in total. The number of rotatable bonds is 4. The van der Waals surface area contributed by atoms with Crippen LogP contribution in [0.5, 0.6) is 0 Å². The van der Waals surface area contributed by atoms with Crippen molar-refractivity contribution < 1.29 is 19.4 Å². The summed E-state index contributed by atoms with van der Waals surface area (Å²) in [5.41, 5.74) is -0.238. The van der Waals surface area contributed by atoms with Crippen LogP contribution in [-0.4, -0.2) is 60.3 Å². The summed E-state index contributed by atoms with van der Waals surface area (Å²) in [6.45, 7) is 4.49. The number of carbonyl (C=O) groups excluding carboxylic acids is 1. The minimum atomic E-state index is -0.816. The molecule has 1 amide bonds. The molecule has 0 radical (unpaired) electrons. The lowest BCUT2D eigenvalue weighted by Crippen LogP contribution is -2.60. The lowest BCUT2D eigenvalue weighted by Gasteiger charge is -2.39. The van der Waals surface area contributed by atoms with Crippen molar-refractivity contribution in [2.75, 3.05) is 32.8 Å². The lowest BCUT2D eigenvalue weighted by molar-refractivity contribution is -0.151. The number of aliphatic carboxylic acids is 1. The maximum absolute atomic E-state index is 11.9. The Morgan fingerprint density at radius 2 is 2.22 bits per heavy atom. The molecule has 0 aromatic heterocycles. The van der Waals surface area contributed by atoms with E-state index >= 15 is 0 Å². The highest BCUT2D eigenvalue weighted by Crippen LogP contribution is 2.18. The molecule has 2 rings (SSSR count). The maximum atomic E-state index is 11.9. The molecule has 18 heavy (non-hydrogen) atoms. The van der Waals surface area contributed by atoms with E-state index in [1.807, 2.05) is 6.92 Å². The van der Waals surface area contributed by atoms with Crippen LogP contribution in [0.15, 0.2) is 0 Å². The van der Waals surface area contributed by atoms with Gasteiger partial charge in [-0.3, -0.25) is 9.59 Å². The first-order valence-corrected chi connectivity index (χ1v) is 6.35. The molecule has 0 bridgehead atoms. The Morgan fingerprint density at radius 3 is 2.78 bits per heavy atom. The van der Waals surface area contributed by atoms with Gasteiger partial charge in [-0.2, -0.15) is 0 Å². The number of amides is 1. The van der Waals surface area contributed by atoms with Gasteiger partial charge in [0.1, 0.15) is 6.61 Å². The molecule has 1 atom stereocenters. The summed E-state index contributed by atoms with van der Waals surface area (Å²) in [5.74, 6) is -1.35. The molecular weight excluding hydrogens is 236 g/mol. The Balaban J connectivity index is 1.79. The molecule has 2 heterocycles. The average molecular weight is 256 g/mol. The Bertz CT molecular complexity index is 341. The molecule has 0 unspecified atom stereocenters. The van der Waals surface area contributed by atoms with E-state index in [1.54, 1.807) is 4.90 Å². The van der Waals surface area contributed by atoms with Crippen molar-refractivity contribution in [3.05, 3.63) is 0 Å². The summed E-state index contributed by atoms with van der Waals surface area (Å²) in [7, 11) is 0. The van der Waals surface area contributed by atoms with Crippen LogP contribution in [0.2, 0.25) is 0 Å². The highest BCUT2D eigenvalue weighted by molar-refractivity contribution is 5.79. The van der Waals surface area contributed by atoms with Gasteiger partial charge in [0.05, 0.1) is 11.5 Å². The molecule has 0 aromatic carbocycles. The van der Waals surface area contributed by atoms with Crippen LogP contribution in [0.4, 0.5) is 0 Å². The van der Waals surface area contributed by atoms with Crippen molar-refractivity contribution in [2.45, 2.75) is 25.4 Å². The number of nitrogens with one attached hydrogen (secondary N) is 1. The van der Waals surface area contributed by atoms with Gasteiger partial charge in [0, 0.05) is 26.2 Å². The van der Waals surface area contributed by atoms with Gasteiger partial charge in [-0.1, -0.05) is 0 Å². The van der Waals surface area contributed by atoms with Crippen molar-refractivity contribution in [1.29, 1.82) is 0 Å². The average Bonchev–Trinajstić information content (AvgIpc) is 2.33. The minimum Gasteiger partial charge on any atom is -0.481 e. The number of hydrogen-bond donors (Lipinski definition) is 2. The fourth-order valence-electron chi connectivity index (χ4n) is 2.31. The standard InChI is InChI=1S/C12H20N2O4/c1-12(7-13-8-12)18-6-10(15)14-4-2-3-9(5-14)11(16)17/h9,13H,2-8H2,1H3,(H,16,17)/t9-/m0/s1. The monoisotopic (exact) mass is 256 g/mol. The predicted molar refractivity (Wildman–Crippen MR) is 64.2 cm³/mol. The molecule has 2 fully saturated rings. The summed E-state index contributed by atoms with van der Waals surface area (Å²) in [4.78, 5) is 24.5. The predicted octanol–water partition coefficient (Wildman–Crippen LogP) is -0.312. The lowest BCUT2D eigenvalue weighted by atomic mass is 9.98. The van der Waals surface area contributed by atoms with E-state index < -0.39 is 11.9 Å². The van der Waals surface area contributed by atoms with Crippen molar-refractivity contribution in [3.8, 4) is 0 Å². The highest BCUT2D eigenvalue weighted by atomic mass is 16.5. The largest absolute Gasteiger partial charge is 0.481 e. The Kier molecular flexibility index (Phi) is 3.87. The van der Waals surface area contributed by atoms with Crippen LogP contribution in [0, 0.1) is 5.92 Å². The third kappa shape index (κ3) is 3.00. The molecule has 0 spiro atoms. The summed E-state index contributed by atoms with van der Waals surface area (Å²) >= 11 is 0. The number of carboxylic acid groups (broad SMARTS) is 1. The van der Waals surface area contributed by atoms with Gasteiger partial charge in [0.25, 0.3) is 0 Å². The van der Waals surface area contributed by atoms with Gasteiger partial charge >= 0.3 is 5.97 Å². The number of ether oxygens (including phenoxy) is 1. The zero-order valence-corrected chi connectivity index (χ0v) is 10.6. The molecule has 2 N–H and O–H groups in total. The van der Waals surface area contributed by atoms with Crippen molar-refractivity contribution in [3.63, 3.8) is 0 Å². The van der Waals surface area contributed by atoms with Crippen molar-refractivity contribution in [2.24, 2.45) is 5.92 Å². The summed E-state index contributed by atoms with van der Waals surface area (Å²) in [5, 5.41) is 12.1. The van der Waals surface area contributed by atoms with E-state index in [9.17, 15) is 9.59 Å². The third-order valence-electron chi connectivity index (χ3n) is 3.67. The van der Waals surface area contributed by atoms with Gasteiger partial charge in [-0.25, -0.2) is 0 Å². The Labute approximate surface area is 106 Å². The Hall–Kier alpha value is -1.14. The second-order valence-electron chi connectivity index (χ2n) is 5.36. The SMILES string of the molecule is CC1(OCC(=O)N2CCC[C@H](C(=O)O)C2)CNC1. The van der Waals surface area contributed by atoms with Crippen LogP contribution in [0.1, 0.15) is 19.8 Å². The highest BCUT2D eigenvalue weighted by Gasteiger charge is 2.34. The van der Waals surface area contributed by atoms with Crippen LogP contribution in [0.3, 0.4) is 0 Å². The van der Waals surface area contributed by atoms with E-state index in [1.165, 1.54) is 0 Å². The van der Waals surface area contributed by atoms with Crippen LogP contribution >= 0.6 is 0 Å². The van der Waals surface area contributed by atoms with E-state index in [0.29, 0.717) is 19.5 Å². The molecule has 2 aliphatic rings. The molecule has 2 aliphatic heterocycles. The molecule has 2 saturated heterocycles. The topological polar surface area (TPSA) is 78.9 Å². The number of carboxylic acids is 1. The first kappa shape index (κ1) is 13.3. The van der Waals surface area contributed by atoms with E-state index in [2.05, 4.69) is 5.32 Å². The fraction of sp³-hybridized carbons (Fsp3) is 0.833. The molecule has 102 valence electrons. The quantitative estimate of drug-likeness (QED) is 0.721. The molecule has 0 aromatic rings. The first-order chi connectivity index (χ1) is 8.50. The summed E-state index contributed by atoms with van der Waals surface area (Å²) in [6, 6.07) is 0. The number of piperidine rings is 1. The smallest absolute Gasteiger partial charge is 0.308 e. The number of nitrogens with zero attached hydrogens (tertiary/aromatic N) is 1. The van der Waals surface area contributed by atoms with E-state index in [4.69, 9.17) is 9.84 Å². The molecule has 6 heteroatoms. The van der Waals surface area contributed by atoms with E-state index in [0.717, 1.165) is 19.5 Å². The normalized spacial score (nSPS) is 26.5. The fourth-order valence-corrected chi connectivity index (χ4v) is 2.31. The minimum absolute atomic E-state index is 0.0461. The van der Waals surface area contributed by atoms with Crippen molar-refractivity contribution >= 4 is 11.9 Å². The van der Waals surface area contributed by atoms with Crippen LogP contribution in [0.25, 0.3) is 0 Å². The van der Waals surface area contributed by atoms with Gasteiger partial charge in [0.2, 0.25) is 5.91 Å². The van der Waals surface area contributed by atoms with Gasteiger partial charge < -0.3 is 20.1 Å². The Morgan fingerprint density at radius 1 is 1.50 bits per heavy atom. The zero-order chi connectivity index (χ0) is 13.2. The van der Waals surface area contributed by atoms with Gasteiger partial charge in [-0.05, 0) is 19.8 Å². The molecule has 0 aliphatic carbocycles. The second kappa shape index (κ2) is 5.24. The first-order valence-electron chi connectivity index (χ1n) is 6.35. The van der Waals surface area contributed by atoms with Gasteiger partial charge in [-0.15, -0.1) is 0 Å². The maximum Gasteiger partial charge on any atom is 0.308 e. The molecule has 0 saturated carbocycles. The molecular formula is C12H20N2O4. The zero-order valence-electron chi connectivity index (χ0n) is 10.6. The second-order valence-corrected chi connectivity index (χ2v) is 5.36. The van der Waals surface area contributed by atoms with Crippen LogP contribution in [-0.2, 0) is 14.3 Å². The van der Waals surface area contributed by atoms with E-state index in [-0.39, 0.29) is 18.1 Å².